The molecule has 0 spiro atoms. The third-order valence-corrected chi connectivity index (χ3v) is 3.60. The van der Waals surface area contributed by atoms with Crippen molar-refractivity contribution in [3.63, 3.8) is 0 Å². The van der Waals surface area contributed by atoms with Crippen LogP contribution in [0.15, 0.2) is 29.2 Å². The molecule has 0 aliphatic carbocycles. The number of esters is 1. The molecule has 0 radical (unpaired) electrons. The van der Waals surface area contributed by atoms with Gasteiger partial charge in [-0.2, -0.15) is 0 Å². The molecular formula is C12H16O4S. The second kappa shape index (κ2) is 5.31. The summed E-state index contributed by atoms with van der Waals surface area (Å²) >= 11 is 0. The lowest BCUT2D eigenvalue weighted by atomic mass is 10.0. The fraction of sp³-hybridized carbons (Fsp3) is 0.417. The number of rotatable bonds is 4. The summed E-state index contributed by atoms with van der Waals surface area (Å²) in [4.78, 5) is 11.8. The van der Waals surface area contributed by atoms with Crippen LogP contribution in [0.2, 0.25) is 0 Å². The smallest absolute Gasteiger partial charge is 0.313 e. The molecule has 0 aromatic heterocycles. The van der Waals surface area contributed by atoms with Crippen LogP contribution in [0, 0.1) is 0 Å². The average molecular weight is 256 g/mol. The zero-order valence-corrected chi connectivity index (χ0v) is 11.0. The van der Waals surface area contributed by atoms with Gasteiger partial charge in [-0.25, -0.2) is 8.42 Å². The number of hydrogen-bond donors (Lipinski definition) is 0. The third-order valence-electron chi connectivity index (χ3n) is 2.43. The van der Waals surface area contributed by atoms with Crippen LogP contribution in [0.25, 0.3) is 0 Å². The minimum Gasteiger partial charge on any atom is -0.466 e. The maximum absolute atomic E-state index is 11.6. The first kappa shape index (κ1) is 13.7. The van der Waals surface area contributed by atoms with E-state index in [2.05, 4.69) is 0 Å². The van der Waals surface area contributed by atoms with E-state index < -0.39 is 21.7 Å². The Bertz CT molecular complexity index is 505. The molecule has 17 heavy (non-hydrogen) atoms. The standard InChI is InChI=1S/C12H16O4S/c1-4-16-12(13)9(2)10-7-5-6-8-11(10)17(3,14)15/h5-9H,4H2,1-3H3. The molecule has 1 aromatic carbocycles. The van der Waals surface area contributed by atoms with Gasteiger partial charge in [-0.3, -0.25) is 4.79 Å². The van der Waals surface area contributed by atoms with Gasteiger partial charge in [0.25, 0.3) is 0 Å². The lowest BCUT2D eigenvalue weighted by Crippen LogP contribution is -2.15. The molecule has 1 atom stereocenters. The Hall–Kier alpha value is -1.36. The summed E-state index contributed by atoms with van der Waals surface area (Å²) in [6, 6.07) is 6.48. The molecule has 0 fully saturated rings. The minimum atomic E-state index is -3.33. The quantitative estimate of drug-likeness (QED) is 0.770. The van der Waals surface area contributed by atoms with Gasteiger partial charge >= 0.3 is 5.97 Å². The molecular weight excluding hydrogens is 240 g/mol. The summed E-state index contributed by atoms with van der Waals surface area (Å²) in [5.41, 5.74) is 0.480. The molecule has 0 aliphatic rings. The summed E-state index contributed by atoms with van der Waals surface area (Å²) in [6.07, 6.45) is 1.13. The van der Waals surface area contributed by atoms with Crippen molar-refractivity contribution in [1.29, 1.82) is 0 Å². The number of ether oxygens (including phenoxy) is 1. The summed E-state index contributed by atoms with van der Waals surface area (Å²) in [7, 11) is -3.33. The molecule has 1 aromatic rings. The predicted octanol–water partition coefficient (Wildman–Crippen LogP) is 1.76. The molecule has 0 aliphatic heterocycles. The Balaban J connectivity index is 3.19. The monoisotopic (exact) mass is 256 g/mol. The Labute approximate surface area is 102 Å². The Kier molecular flexibility index (Phi) is 4.28. The fourth-order valence-corrected chi connectivity index (χ4v) is 2.57. The van der Waals surface area contributed by atoms with E-state index >= 15 is 0 Å². The maximum atomic E-state index is 11.6. The van der Waals surface area contributed by atoms with Gasteiger partial charge in [0, 0.05) is 6.26 Å². The van der Waals surface area contributed by atoms with Gasteiger partial charge in [-0.1, -0.05) is 18.2 Å². The van der Waals surface area contributed by atoms with Crippen molar-refractivity contribution < 1.29 is 17.9 Å². The molecule has 0 saturated carbocycles. The highest BCUT2D eigenvalue weighted by Gasteiger charge is 2.23. The number of carbonyl (C=O) groups excluding carboxylic acids is 1. The normalized spacial score (nSPS) is 13.1. The Morgan fingerprint density at radius 2 is 1.94 bits per heavy atom. The predicted molar refractivity (Wildman–Crippen MR) is 64.6 cm³/mol. The highest BCUT2D eigenvalue weighted by atomic mass is 32.2. The summed E-state index contributed by atoms with van der Waals surface area (Å²) < 4.78 is 28.1. The van der Waals surface area contributed by atoms with Crippen LogP contribution in [-0.2, 0) is 19.4 Å². The van der Waals surface area contributed by atoms with Crippen molar-refractivity contribution in [3.05, 3.63) is 29.8 Å². The van der Waals surface area contributed by atoms with Crippen molar-refractivity contribution in [2.75, 3.05) is 12.9 Å². The van der Waals surface area contributed by atoms with Gasteiger partial charge in [0.05, 0.1) is 17.4 Å². The summed E-state index contributed by atoms with van der Waals surface area (Å²) in [5.74, 6) is -0.996. The zero-order valence-electron chi connectivity index (χ0n) is 10.1. The minimum absolute atomic E-state index is 0.181. The lowest BCUT2D eigenvalue weighted by molar-refractivity contribution is -0.144. The van der Waals surface area contributed by atoms with Crippen LogP contribution in [0.1, 0.15) is 25.3 Å². The molecule has 0 amide bonds. The van der Waals surface area contributed by atoms with Crippen LogP contribution in [0.4, 0.5) is 0 Å². The molecule has 94 valence electrons. The molecule has 0 bridgehead atoms. The van der Waals surface area contributed by atoms with Crippen LogP contribution in [0.5, 0.6) is 0 Å². The first-order valence-electron chi connectivity index (χ1n) is 5.33. The van der Waals surface area contributed by atoms with E-state index in [1.165, 1.54) is 6.07 Å². The van der Waals surface area contributed by atoms with Gasteiger partial charge in [0.1, 0.15) is 0 Å². The van der Waals surface area contributed by atoms with E-state index in [1.54, 1.807) is 32.0 Å². The summed E-state index contributed by atoms with van der Waals surface area (Å²) in [6.45, 7) is 3.64. The third kappa shape index (κ3) is 3.30. The maximum Gasteiger partial charge on any atom is 0.313 e. The van der Waals surface area contributed by atoms with Crippen LogP contribution in [-0.4, -0.2) is 27.2 Å². The van der Waals surface area contributed by atoms with Crippen molar-refractivity contribution in [2.45, 2.75) is 24.7 Å². The largest absolute Gasteiger partial charge is 0.466 e. The molecule has 5 heteroatoms. The van der Waals surface area contributed by atoms with Gasteiger partial charge in [0.15, 0.2) is 9.84 Å². The number of sulfone groups is 1. The number of carbonyl (C=O) groups is 1. The van der Waals surface area contributed by atoms with E-state index in [-0.39, 0.29) is 11.5 Å². The van der Waals surface area contributed by atoms with Crippen LogP contribution >= 0.6 is 0 Å². The van der Waals surface area contributed by atoms with Crippen LogP contribution < -0.4 is 0 Å². The van der Waals surface area contributed by atoms with Crippen molar-refractivity contribution in [2.24, 2.45) is 0 Å². The van der Waals surface area contributed by atoms with Gasteiger partial charge in [-0.15, -0.1) is 0 Å². The SMILES string of the molecule is CCOC(=O)C(C)c1ccccc1S(C)(=O)=O. The first-order chi connectivity index (χ1) is 7.88. The van der Waals surface area contributed by atoms with E-state index in [0.717, 1.165) is 6.26 Å². The van der Waals surface area contributed by atoms with E-state index in [4.69, 9.17) is 4.74 Å². The summed E-state index contributed by atoms with van der Waals surface area (Å²) in [5, 5.41) is 0. The molecule has 0 heterocycles. The topological polar surface area (TPSA) is 60.4 Å². The van der Waals surface area contributed by atoms with E-state index in [1.807, 2.05) is 0 Å². The first-order valence-corrected chi connectivity index (χ1v) is 7.22. The number of hydrogen-bond acceptors (Lipinski definition) is 4. The van der Waals surface area contributed by atoms with Crippen LogP contribution in [0.3, 0.4) is 0 Å². The Morgan fingerprint density at radius 1 is 1.35 bits per heavy atom. The van der Waals surface area contributed by atoms with Crippen molar-refractivity contribution in [3.8, 4) is 0 Å². The zero-order chi connectivity index (χ0) is 13.1. The number of benzene rings is 1. The Morgan fingerprint density at radius 3 is 2.47 bits per heavy atom. The molecule has 4 nitrogen and oxygen atoms in total. The fourth-order valence-electron chi connectivity index (χ4n) is 1.57. The lowest BCUT2D eigenvalue weighted by Gasteiger charge is -2.14. The average Bonchev–Trinajstić information content (AvgIpc) is 2.27. The van der Waals surface area contributed by atoms with Crippen molar-refractivity contribution >= 4 is 15.8 Å². The van der Waals surface area contributed by atoms with E-state index in [0.29, 0.717) is 5.56 Å². The van der Waals surface area contributed by atoms with Crippen molar-refractivity contribution in [1.82, 2.24) is 0 Å². The van der Waals surface area contributed by atoms with E-state index in [9.17, 15) is 13.2 Å². The second-order valence-corrected chi connectivity index (χ2v) is 5.77. The van der Waals surface area contributed by atoms with Gasteiger partial charge in [-0.05, 0) is 25.5 Å². The second-order valence-electron chi connectivity index (χ2n) is 3.78. The molecule has 1 rings (SSSR count). The van der Waals surface area contributed by atoms with Gasteiger partial charge in [0.2, 0.25) is 0 Å². The van der Waals surface area contributed by atoms with Gasteiger partial charge < -0.3 is 4.74 Å². The highest BCUT2D eigenvalue weighted by Crippen LogP contribution is 2.24. The molecule has 0 saturated heterocycles. The molecule has 1 unspecified atom stereocenters. The highest BCUT2D eigenvalue weighted by molar-refractivity contribution is 7.90. The molecule has 0 N–H and O–H groups in total.